The van der Waals surface area contributed by atoms with Crippen LogP contribution >= 0.6 is 11.6 Å². The fraction of sp³-hybridized carbons (Fsp3) is 0.174. The number of amides is 2. The summed E-state index contributed by atoms with van der Waals surface area (Å²) < 4.78 is 5.01. The van der Waals surface area contributed by atoms with E-state index < -0.39 is 35.9 Å². The summed E-state index contributed by atoms with van der Waals surface area (Å²) in [6, 6.07) is 16.6. The van der Waals surface area contributed by atoms with E-state index in [4.69, 9.17) is 16.3 Å². The average Bonchev–Trinajstić information content (AvgIpc) is 2.81. The molecule has 0 aliphatic heterocycles. The Balaban J connectivity index is 1.58. The molecule has 3 aromatic rings. The molecule has 10 heteroatoms. The van der Waals surface area contributed by atoms with Gasteiger partial charge in [0.25, 0.3) is 17.5 Å². The fourth-order valence-electron chi connectivity index (χ4n) is 3.26. The van der Waals surface area contributed by atoms with Gasteiger partial charge in [-0.15, -0.1) is 0 Å². The number of nitro groups is 1. The van der Waals surface area contributed by atoms with Crippen molar-refractivity contribution in [3.63, 3.8) is 0 Å². The monoisotopic (exact) mass is 469 g/mol. The first kappa shape index (κ1) is 23.7. The molecule has 33 heavy (non-hydrogen) atoms. The van der Waals surface area contributed by atoms with Crippen LogP contribution in [0.1, 0.15) is 17.3 Å². The van der Waals surface area contributed by atoms with Crippen LogP contribution in [0.25, 0.3) is 10.8 Å². The summed E-state index contributed by atoms with van der Waals surface area (Å²) in [6.07, 6.45) is 0. The molecule has 0 saturated carbocycles. The number of nitrogens with one attached hydrogen (secondary N) is 1. The minimum absolute atomic E-state index is 0.00983. The molecule has 0 atom stereocenters. The summed E-state index contributed by atoms with van der Waals surface area (Å²) in [6.45, 7) is 1.15. The second kappa shape index (κ2) is 10.6. The SMILES string of the molecule is CCN(C(=O)COC(=O)CNC(=O)c1cc(Cl)cc([N+](=O)[O-])c1)c1cccc2ccccc12. The van der Waals surface area contributed by atoms with Gasteiger partial charge < -0.3 is 15.0 Å². The topological polar surface area (TPSA) is 119 Å². The molecule has 2 amide bonds. The van der Waals surface area contributed by atoms with Gasteiger partial charge in [0.2, 0.25) is 0 Å². The van der Waals surface area contributed by atoms with Gasteiger partial charge in [-0.3, -0.25) is 24.5 Å². The third-order valence-electron chi connectivity index (χ3n) is 4.78. The van der Waals surface area contributed by atoms with E-state index in [2.05, 4.69) is 5.32 Å². The first-order valence-electron chi connectivity index (χ1n) is 9.97. The highest BCUT2D eigenvalue weighted by Gasteiger charge is 2.19. The summed E-state index contributed by atoms with van der Waals surface area (Å²) in [5.41, 5.74) is 0.271. The normalized spacial score (nSPS) is 10.5. The molecule has 0 aliphatic carbocycles. The van der Waals surface area contributed by atoms with Gasteiger partial charge in [-0.05, 0) is 24.4 Å². The number of anilines is 1. The second-order valence-corrected chi connectivity index (χ2v) is 7.37. The Morgan fingerprint density at radius 1 is 1.09 bits per heavy atom. The minimum Gasteiger partial charge on any atom is -0.454 e. The van der Waals surface area contributed by atoms with Crippen molar-refractivity contribution in [3.05, 3.63) is 81.4 Å². The second-order valence-electron chi connectivity index (χ2n) is 6.93. The molecule has 170 valence electrons. The summed E-state index contributed by atoms with van der Waals surface area (Å²) in [5.74, 6) is -1.99. The molecule has 0 unspecified atom stereocenters. The zero-order valence-electron chi connectivity index (χ0n) is 17.6. The lowest BCUT2D eigenvalue weighted by molar-refractivity contribution is -0.384. The molecule has 0 aliphatic rings. The summed E-state index contributed by atoms with van der Waals surface area (Å²) in [5, 5.41) is 15.1. The molecule has 0 aromatic heterocycles. The zero-order chi connectivity index (χ0) is 24.0. The van der Waals surface area contributed by atoms with E-state index in [1.807, 2.05) is 49.4 Å². The Hall–Kier alpha value is -3.98. The van der Waals surface area contributed by atoms with Crippen molar-refractivity contribution in [1.82, 2.24) is 5.32 Å². The minimum atomic E-state index is -0.831. The Kier molecular flexibility index (Phi) is 7.57. The van der Waals surface area contributed by atoms with Crippen molar-refractivity contribution in [2.24, 2.45) is 0 Å². The van der Waals surface area contributed by atoms with Gasteiger partial charge in [0.05, 0.1) is 10.6 Å². The van der Waals surface area contributed by atoms with Crippen molar-refractivity contribution in [2.75, 3.05) is 24.6 Å². The number of fused-ring (bicyclic) bond motifs is 1. The van der Waals surface area contributed by atoms with Crippen LogP contribution in [-0.2, 0) is 14.3 Å². The van der Waals surface area contributed by atoms with Crippen LogP contribution in [0.3, 0.4) is 0 Å². The van der Waals surface area contributed by atoms with Crippen molar-refractivity contribution in [3.8, 4) is 0 Å². The van der Waals surface area contributed by atoms with E-state index in [-0.39, 0.29) is 16.3 Å². The third-order valence-corrected chi connectivity index (χ3v) is 5.00. The number of hydrogen-bond donors (Lipinski definition) is 1. The van der Waals surface area contributed by atoms with Crippen molar-refractivity contribution in [2.45, 2.75) is 6.92 Å². The number of ether oxygens (including phenoxy) is 1. The Labute approximate surface area is 194 Å². The number of esters is 1. The van der Waals surface area contributed by atoms with Gasteiger partial charge in [-0.2, -0.15) is 0 Å². The first-order valence-corrected chi connectivity index (χ1v) is 10.3. The van der Waals surface area contributed by atoms with E-state index in [0.29, 0.717) is 12.2 Å². The first-order chi connectivity index (χ1) is 15.8. The van der Waals surface area contributed by atoms with Gasteiger partial charge >= 0.3 is 5.97 Å². The Bertz CT molecular complexity index is 1220. The highest BCUT2D eigenvalue weighted by molar-refractivity contribution is 6.31. The quantitative estimate of drug-likeness (QED) is 0.305. The molecular weight excluding hydrogens is 450 g/mol. The summed E-state index contributed by atoms with van der Waals surface area (Å²) in [7, 11) is 0. The Morgan fingerprint density at radius 2 is 1.82 bits per heavy atom. The highest BCUT2D eigenvalue weighted by atomic mass is 35.5. The molecule has 0 fully saturated rings. The van der Waals surface area contributed by atoms with Gasteiger partial charge in [-0.25, -0.2) is 0 Å². The third kappa shape index (κ3) is 5.83. The number of non-ortho nitro benzene ring substituents is 1. The fourth-order valence-corrected chi connectivity index (χ4v) is 3.49. The summed E-state index contributed by atoms with van der Waals surface area (Å²) in [4.78, 5) is 48.7. The Morgan fingerprint density at radius 3 is 2.55 bits per heavy atom. The van der Waals surface area contributed by atoms with Crippen molar-refractivity contribution < 1.29 is 24.0 Å². The number of rotatable bonds is 8. The average molecular weight is 470 g/mol. The molecule has 1 N–H and O–H groups in total. The van der Waals surface area contributed by atoms with Crippen LogP contribution in [0.4, 0.5) is 11.4 Å². The number of nitrogens with zero attached hydrogens (tertiary/aromatic N) is 2. The van der Waals surface area contributed by atoms with E-state index in [1.54, 1.807) is 0 Å². The van der Waals surface area contributed by atoms with Gasteiger partial charge in [0.15, 0.2) is 6.61 Å². The molecule has 0 spiro atoms. The number of hydrogen-bond acceptors (Lipinski definition) is 6. The smallest absolute Gasteiger partial charge is 0.325 e. The maximum Gasteiger partial charge on any atom is 0.325 e. The lowest BCUT2D eigenvalue weighted by atomic mass is 10.1. The van der Waals surface area contributed by atoms with Crippen LogP contribution in [0.2, 0.25) is 5.02 Å². The molecule has 0 heterocycles. The van der Waals surface area contributed by atoms with E-state index >= 15 is 0 Å². The summed E-state index contributed by atoms with van der Waals surface area (Å²) >= 11 is 5.80. The number of carbonyl (C=O) groups is 3. The van der Waals surface area contributed by atoms with Crippen molar-refractivity contribution in [1.29, 1.82) is 0 Å². The maximum absolute atomic E-state index is 12.7. The molecule has 3 aromatic carbocycles. The maximum atomic E-state index is 12.7. The number of likely N-dealkylation sites (N-methyl/N-ethyl adjacent to an activating group) is 1. The molecule has 0 bridgehead atoms. The number of nitro benzene ring substituents is 1. The van der Waals surface area contributed by atoms with Crippen molar-refractivity contribution >= 4 is 51.5 Å². The van der Waals surface area contributed by atoms with Crippen LogP contribution < -0.4 is 10.2 Å². The predicted molar refractivity (Wildman–Crippen MR) is 123 cm³/mol. The zero-order valence-corrected chi connectivity index (χ0v) is 18.4. The van der Waals surface area contributed by atoms with Gasteiger partial charge in [-0.1, -0.05) is 48.0 Å². The molecule has 9 nitrogen and oxygen atoms in total. The van der Waals surface area contributed by atoms with Gasteiger partial charge in [0, 0.05) is 34.6 Å². The van der Waals surface area contributed by atoms with E-state index in [0.717, 1.165) is 22.9 Å². The van der Waals surface area contributed by atoms with E-state index in [9.17, 15) is 24.5 Å². The lowest BCUT2D eigenvalue weighted by Gasteiger charge is -2.22. The molecule has 0 radical (unpaired) electrons. The van der Waals surface area contributed by atoms with E-state index in [1.165, 1.54) is 11.0 Å². The van der Waals surface area contributed by atoms with Crippen LogP contribution in [0.5, 0.6) is 0 Å². The largest absolute Gasteiger partial charge is 0.454 e. The molecular formula is C23H20ClN3O6. The lowest BCUT2D eigenvalue weighted by Crippen LogP contribution is -2.36. The predicted octanol–water partition coefficient (Wildman–Crippen LogP) is 3.73. The molecule has 0 saturated heterocycles. The van der Waals surface area contributed by atoms with Crippen LogP contribution in [-0.4, -0.2) is 42.4 Å². The standard InChI is InChI=1S/C23H20ClN3O6/c1-2-26(20-9-5-7-15-6-3-4-8-19(15)20)21(28)14-33-22(29)13-25-23(30)16-10-17(24)12-18(11-16)27(31)32/h3-12H,2,13-14H2,1H3,(H,25,30). The van der Waals surface area contributed by atoms with Crippen LogP contribution in [0, 0.1) is 10.1 Å². The van der Waals surface area contributed by atoms with Gasteiger partial charge in [0.1, 0.15) is 6.54 Å². The highest BCUT2D eigenvalue weighted by Crippen LogP contribution is 2.26. The number of halogens is 1. The number of benzene rings is 3. The molecule has 3 rings (SSSR count). The van der Waals surface area contributed by atoms with Crippen LogP contribution in [0.15, 0.2) is 60.7 Å². The number of carbonyl (C=O) groups excluding carboxylic acids is 3.